The van der Waals surface area contributed by atoms with E-state index in [2.05, 4.69) is 49.3 Å². The number of hydrogen-bond acceptors (Lipinski definition) is 7. The average Bonchev–Trinajstić information content (AvgIpc) is 3.63. The van der Waals surface area contributed by atoms with Crippen LogP contribution in [-0.2, 0) is 20.5 Å². The van der Waals surface area contributed by atoms with E-state index in [0.29, 0.717) is 37.4 Å². The van der Waals surface area contributed by atoms with Crippen LogP contribution in [0.4, 0.5) is 14.9 Å². The van der Waals surface area contributed by atoms with Crippen molar-refractivity contribution >= 4 is 25.8 Å². The first kappa shape index (κ1) is 28.0. The highest BCUT2D eigenvalue weighted by Gasteiger charge is 2.40. The molecule has 0 aliphatic carbocycles. The van der Waals surface area contributed by atoms with Gasteiger partial charge in [0.15, 0.2) is 14.4 Å². The first-order chi connectivity index (χ1) is 18.9. The lowest BCUT2D eigenvalue weighted by Gasteiger charge is -2.36. The fourth-order valence-electron chi connectivity index (χ4n) is 4.48. The van der Waals surface area contributed by atoms with Crippen LogP contribution in [0.15, 0.2) is 53.8 Å². The highest BCUT2D eigenvalue weighted by atomic mass is 28.4. The van der Waals surface area contributed by atoms with Crippen LogP contribution in [0.2, 0.25) is 18.1 Å². The molecule has 40 heavy (non-hydrogen) atoms. The molecular weight excluding hydrogens is 529 g/mol. The number of ether oxygens (including phenoxy) is 1. The smallest absolute Gasteiger partial charge is 0.414 e. The molecule has 2 unspecified atom stereocenters. The molecule has 0 N–H and O–H groups in total. The van der Waals surface area contributed by atoms with Gasteiger partial charge in [0, 0.05) is 18.2 Å². The molecule has 11 heteroatoms. The van der Waals surface area contributed by atoms with Crippen molar-refractivity contribution in [3.63, 3.8) is 0 Å². The normalized spacial score (nSPS) is 19.5. The van der Waals surface area contributed by atoms with Crippen LogP contribution in [0.3, 0.4) is 0 Å². The van der Waals surface area contributed by atoms with Gasteiger partial charge >= 0.3 is 6.09 Å². The number of hydrogen-bond donors (Lipinski definition) is 0. The van der Waals surface area contributed by atoms with Crippen molar-refractivity contribution in [2.24, 2.45) is 5.16 Å². The zero-order valence-electron chi connectivity index (χ0n) is 23.8. The second-order valence-electron chi connectivity index (χ2n) is 12.0. The van der Waals surface area contributed by atoms with Crippen LogP contribution >= 0.6 is 0 Å². The highest BCUT2D eigenvalue weighted by molar-refractivity contribution is 6.74. The number of aryl methyl sites for hydroxylation is 1. The van der Waals surface area contributed by atoms with Crippen molar-refractivity contribution in [3.8, 4) is 11.1 Å². The predicted molar refractivity (Wildman–Crippen MR) is 153 cm³/mol. The number of cyclic esters (lactones) is 1. The van der Waals surface area contributed by atoms with Gasteiger partial charge in [0.2, 0.25) is 0 Å². The Balaban J connectivity index is 1.20. The number of aromatic nitrogens is 3. The van der Waals surface area contributed by atoms with Crippen LogP contribution < -0.4 is 4.90 Å². The van der Waals surface area contributed by atoms with E-state index in [9.17, 15) is 4.79 Å². The summed E-state index contributed by atoms with van der Waals surface area (Å²) in [5, 5.41) is 12.4. The standard InChI is InChI=1S/C29H36FN5O4Si/c1-19-15-34(33-31-19)16-23-14-27(32-39-23)21-9-7-20(8-10-21)25-12-11-22(13-26(25)30)35-17-24(38-28(35)36)18-37-40(5,6)29(2,3)4/h7-13,15,23-24H,14,16-18H2,1-6H3. The first-order valence-corrected chi connectivity index (χ1v) is 16.4. The number of amides is 1. The fraction of sp³-hybridized carbons (Fsp3) is 0.448. The number of benzene rings is 2. The second kappa shape index (κ2) is 10.8. The number of halogens is 1. The third kappa shape index (κ3) is 5.95. The largest absolute Gasteiger partial charge is 0.442 e. The van der Waals surface area contributed by atoms with Gasteiger partial charge in [0.25, 0.3) is 0 Å². The lowest BCUT2D eigenvalue weighted by molar-refractivity contribution is 0.0693. The van der Waals surface area contributed by atoms with E-state index >= 15 is 4.39 Å². The molecule has 0 spiro atoms. The van der Waals surface area contributed by atoms with Gasteiger partial charge in [-0.2, -0.15) is 0 Å². The van der Waals surface area contributed by atoms with Crippen LogP contribution in [0.5, 0.6) is 0 Å². The van der Waals surface area contributed by atoms with Crippen molar-refractivity contribution < 1.29 is 23.2 Å². The number of carbonyl (C=O) groups is 1. The summed E-state index contributed by atoms with van der Waals surface area (Å²) in [7, 11) is -1.97. The van der Waals surface area contributed by atoms with Gasteiger partial charge in [-0.25, -0.2) is 13.9 Å². The summed E-state index contributed by atoms with van der Waals surface area (Å²) in [5.41, 5.74) is 4.25. The molecule has 0 radical (unpaired) electrons. The third-order valence-corrected chi connectivity index (χ3v) is 12.4. The molecule has 3 heterocycles. The van der Waals surface area contributed by atoms with E-state index in [0.717, 1.165) is 22.5 Å². The Morgan fingerprint density at radius 3 is 2.48 bits per heavy atom. The maximum atomic E-state index is 15.3. The van der Waals surface area contributed by atoms with E-state index in [1.54, 1.807) is 16.8 Å². The van der Waals surface area contributed by atoms with Gasteiger partial charge in [-0.15, -0.1) is 5.10 Å². The zero-order valence-corrected chi connectivity index (χ0v) is 24.8. The van der Waals surface area contributed by atoms with Crippen molar-refractivity contribution in [3.05, 3.63) is 65.7 Å². The summed E-state index contributed by atoms with van der Waals surface area (Å²) in [6.45, 7) is 13.9. The van der Waals surface area contributed by atoms with Crippen LogP contribution in [0, 0.1) is 12.7 Å². The van der Waals surface area contributed by atoms with Crippen LogP contribution in [-0.4, -0.2) is 60.5 Å². The molecule has 1 aromatic heterocycles. The molecule has 1 fully saturated rings. The molecule has 1 saturated heterocycles. The SMILES string of the molecule is Cc1cn(CC2CC(c3ccc(-c4ccc(N5CC(CO[Si](C)(C)C(C)(C)C)OC5=O)cc4F)cc3)=NO2)nn1. The van der Waals surface area contributed by atoms with Gasteiger partial charge in [-0.05, 0) is 54.4 Å². The number of rotatable bonds is 8. The molecule has 2 aromatic carbocycles. The molecule has 2 aliphatic rings. The highest BCUT2D eigenvalue weighted by Crippen LogP contribution is 2.37. The van der Waals surface area contributed by atoms with E-state index in [-0.39, 0.29) is 17.2 Å². The molecule has 1 amide bonds. The van der Waals surface area contributed by atoms with Crippen LogP contribution in [0.1, 0.15) is 38.4 Å². The summed E-state index contributed by atoms with van der Waals surface area (Å²) in [6, 6.07) is 12.4. The quantitative estimate of drug-likeness (QED) is 0.314. The Morgan fingerprint density at radius 2 is 1.82 bits per heavy atom. The van der Waals surface area contributed by atoms with Gasteiger partial charge in [0.1, 0.15) is 11.9 Å². The maximum absolute atomic E-state index is 15.3. The predicted octanol–water partition coefficient (Wildman–Crippen LogP) is 5.93. The van der Waals surface area contributed by atoms with E-state index in [1.807, 2.05) is 37.4 Å². The summed E-state index contributed by atoms with van der Waals surface area (Å²) >= 11 is 0. The van der Waals surface area contributed by atoms with Crippen molar-refractivity contribution in [2.75, 3.05) is 18.1 Å². The van der Waals surface area contributed by atoms with Crippen molar-refractivity contribution in [2.45, 2.75) is 71.0 Å². The minimum atomic E-state index is -1.97. The Morgan fingerprint density at radius 1 is 1.10 bits per heavy atom. The van der Waals surface area contributed by atoms with Gasteiger partial charge in [0.05, 0.1) is 36.8 Å². The minimum absolute atomic E-state index is 0.0606. The van der Waals surface area contributed by atoms with E-state index < -0.39 is 20.2 Å². The number of anilines is 1. The Hall–Kier alpha value is -3.57. The van der Waals surface area contributed by atoms with Crippen molar-refractivity contribution in [1.29, 1.82) is 0 Å². The van der Waals surface area contributed by atoms with E-state index in [4.69, 9.17) is 14.0 Å². The minimum Gasteiger partial charge on any atom is -0.442 e. The van der Waals surface area contributed by atoms with Gasteiger partial charge in [-0.3, -0.25) is 4.90 Å². The molecule has 0 bridgehead atoms. The molecule has 2 atom stereocenters. The zero-order chi connectivity index (χ0) is 28.7. The van der Waals surface area contributed by atoms with E-state index in [1.165, 1.54) is 11.0 Å². The summed E-state index contributed by atoms with van der Waals surface area (Å²) in [4.78, 5) is 19.6. The molecule has 5 rings (SSSR count). The lowest BCUT2D eigenvalue weighted by atomic mass is 9.99. The third-order valence-electron chi connectivity index (χ3n) is 7.88. The molecule has 0 saturated carbocycles. The lowest BCUT2D eigenvalue weighted by Crippen LogP contribution is -2.43. The van der Waals surface area contributed by atoms with Gasteiger partial charge < -0.3 is 14.0 Å². The monoisotopic (exact) mass is 565 g/mol. The molecule has 2 aliphatic heterocycles. The second-order valence-corrected chi connectivity index (χ2v) is 16.8. The maximum Gasteiger partial charge on any atom is 0.414 e. The van der Waals surface area contributed by atoms with Gasteiger partial charge in [-0.1, -0.05) is 55.4 Å². The fourth-order valence-corrected chi connectivity index (χ4v) is 5.51. The molecule has 9 nitrogen and oxygen atoms in total. The molecular formula is C29H36FN5O4Si. The Labute approximate surface area is 235 Å². The number of oxime groups is 1. The summed E-state index contributed by atoms with van der Waals surface area (Å²) in [5.74, 6) is -0.413. The Kier molecular flexibility index (Phi) is 7.53. The molecule has 3 aromatic rings. The summed E-state index contributed by atoms with van der Waals surface area (Å²) in [6.07, 6.45) is 1.52. The number of nitrogens with zero attached hydrogens (tertiary/aromatic N) is 5. The number of carbonyl (C=O) groups excluding carboxylic acids is 1. The topological polar surface area (TPSA) is 91.1 Å². The molecule has 212 valence electrons. The van der Waals surface area contributed by atoms with Crippen LogP contribution in [0.25, 0.3) is 11.1 Å². The summed E-state index contributed by atoms with van der Waals surface area (Å²) < 4.78 is 28.8. The Bertz CT molecular complexity index is 1420. The first-order valence-electron chi connectivity index (χ1n) is 13.5. The average molecular weight is 566 g/mol. The van der Waals surface area contributed by atoms with Crippen molar-refractivity contribution in [1.82, 2.24) is 15.0 Å².